The van der Waals surface area contributed by atoms with Crippen molar-refractivity contribution in [1.29, 1.82) is 0 Å². The van der Waals surface area contributed by atoms with E-state index < -0.39 is 26.9 Å². The predicted molar refractivity (Wildman–Crippen MR) is 99.8 cm³/mol. The summed E-state index contributed by atoms with van der Waals surface area (Å²) < 4.78 is 26.8. The molecule has 1 atom stereocenters. The molecule has 0 aliphatic carbocycles. The molecule has 27 heavy (non-hydrogen) atoms. The molecule has 0 saturated heterocycles. The van der Waals surface area contributed by atoms with Crippen molar-refractivity contribution >= 4 is 27.8 Å². The molecule has 10 heteroatoms. The third-order valence-corrected chi connectivity index (χ3v) is 5.12. The van der Waals surface area contributed by atoms with E-state index in [1.807, 2.05) is 6.92 Å². The van der Waals surface area contributed by atoms with Gasteiger partial charge in [0.1, 0.15) is 0 Å². The summed E-state index contributed by atoms with van der Waals surface area (Å²) in [5.41, 5.74) is 3.11. The number of carbonyl (C=O) groups is 1. The predicted octanol–water partition coefficient (Wildman–Crippen LogP) is 1.72. The van der Waals surface area contributed by atoms with Crippen LogP contribution in [0.4, 0.5) is 5.69 Å². The minimum Gasteiger partial charge on any atom is -0.271 e. The molecule has 2 aromatic rings. The van der Waals surface area contributed by atoms with Crippen LogP contribution in [0.15, 0.2) is 58.5 Å². The Morgan fingerprint density at radius 1 is 1.19 bits per heavy atom. The van der Waals surface area contributed by atoms with Gasteiger partial charge in [0.25, 0.3) is 11.6 Å². The topological polar surface area (TPSA) is 131 Å². The number of para-hydroxylation sites is 1. The summed E-state index contributed by atoms with van der Waals surface area (Å²) in [5, 5.41) is 14.6. The molecule has 0 saturated carbocycles. The quantitative estimate of drug-likeness (QED) is 0.422. The van der Waals surface area contributed by atoms with E-state index in [0.717, 1.165) is 11.8 Å². The number of rotatable bonds is 7. The number of nitrogens with zero attached hydrogens (tertiary/aromatic N) is 2. The molecule has 0 radical (unpaired) electrons. The average Bonchev–Trinajstić information content (AvgIpc) is 2.61. The van der Waals surface area contributed by atoms with E-state index in [2.05, 4.69) is 15.2 Å². The van der Waals surface area contributed by atoms with Crippen molar-refractivity contribution in [2.75, 3.05) is 0 Å². The number of nitrogens with one attached hydrogen (secondary N) is 2. The molecule has 0 bridgehead atoms. The van der Waals surface area contributed by atoms with Crippen LogP contribution in [0.1, 0.15) is 18.1 Å². The molecule has 1 unspecified atom stereocenters. The van der Waals surface area contributed by atoms with E-state index in [9.17, 15) is 23.3 Å². The Morgan fingerprint density at radius 2 is 1.81 bits per heavy atom. The van der Waals surface area contributed by atoms with Crippen LogP contribution in [0.5, 0.6) is 0 Å². The zero-order valence-corrected chi connectivity index (χ0v) is 15.4. The highest BCUT2D eigenvalue weighted by Gasteiger charge is 2.21. The SMILES string of the molecule is Cc1ccc(S(=O)(=O)NC(C)C(=O)N/N=C/c2ccccc2[N+](=O)[O-])cc1. The molecule has 0 heterocycles. The van der Waals surface area contributed by atoms with Crippen LogP contribution in [0, 0.1) is 17.0 Å². The highest BCUT2D eigenvalue weighted by atomic mass is 32.2. The lowest BCUT2D eigenvalue weighted by Gasteiger charge is -2.12. The number of hydrazone groups is 1. The minimum absolute atomic E-state index is 0.0381. The van der Waals surface area contributed by atoms with Crippen molar-refractivity contribution in [2.45, 2.75) is 24.8 Å². The first kappa shape index (κ1) is 20.2. The van der Waals surface area contributed by atoms with E-state index in [-0.39, 0.29) is 16.1 Å². The second-order valence-corrected chi connectivity index (χ2v) is 7.42. The molecule has 0 spiro atoms. The van der Waals surface area contributed by atoms with Gasteiger partial charge in [-0.05, 0) is 32.0 Å². The van der Waals surface area contributed by atoms with Gasteiger partial charge in [-0.2, -0.15) is 9.82 Å². The number of nitro benzene ring substituents is 1. The van der Waals surface area contributed by atoms with E-state index in [4.69, 9.17) is 0 Å². The van der Waals surface area contributed by atoms with Gasteiger partial charge in [-0.15, -0.1) is 0 Å². The van der Waals surface area contributed by atoms with Gasteiger partial charge in [0.05, 0.1) is 27.6 Å². The van der Waals surface area contributed by atoms with Gasteiger partial charge < -0.3 is 0 Å². The maximum absolute atomic E-state index is 12.3. The first-order valence-corrected chi connectivity index (χ1v) is 9.34. The van der Waals surface area contributed by atoms with E-state index >= 15 is 0 Å². The second-order valence-electron chi connectivity index (χ2n) is 5.71. The molecule has 2 N–H and O–H groups in total. The van der Waals surface area contributed by atoms with Crippen LogP contribution in [-0.4, -0.2) is 31.5 Å². The third-order valence-electron chi connectivity index (χ3n) is 3.57. The van der Waals surface area contributed by atoms with Gasteiger partial charge in [-0.3, -0.25) is 14.9 Å². The molecule has 2 aromatic carbocycles. The Balaban J connectivity index is 2.02. The highest BCUT2D eigenvalue weighted by molar-refractivity contribution is 7.89. The fraction of sp³-hybridized carbons (Fsp3) is 0.176. The number of benzene rings is 2. The number of nitro groups is 1. The minimum atomic E-state index is -3.87. The van der Waals surface area contributed by atoms with Gasteiger partial charge in [-0.1, -0.05) is 29.8 Å². The van der Waals surface area contributed by atoms with Crippen molar-refractivity contribution in [2.24, 2.45) is 5.10 Å². The summed E-state index contributed by atoms with van der Waals surface area (Å²) >= 11 is 0. The summed E-state index contributed by atoms with van der Waals surface area (Å²) in [4.78, 5) is 22.4. The largest absolute Gasteiger partial charge is 0.278 e. The van der Waals surface area contributed by atoms with Crippen LogP contribution >= 0.6 is 0 Å². The van der Waals surface area contributed by atoms with Gasteiger partial charge in [0.15, 0.2) is 0 Å². The average molecular weight is 390 g/mol. The van der Waals surface area contributed by atoms with Crippen LogP contribution in [0.2, 0.25) is 0 Å². The summed E-state index contributed by atoms with van der Waals surface area (Å²) in [5.74, 6) is -0.708. The number of amides is 1. The maximum Gasteiger partial charge on any atom is 0.278 e. The summed E-state index contributed by atoms with van der Waals surface area (Å²) in [6, 6.07) is 11.0. The molecule has 2 rings (SSSR count). The molecule has 0 aliphatic heterocycles. The number of sulfonamides is 1. The Bertz CT molecular complexity index is 971. The summed E-state index contributed by atoms with van der Waals surface area (Å²) in [6.45, 7) is 3.19. The van der Waals surface area contributed by atoms with E-state index in [1.54, 1.807) is 18.2 Å². The van der Waals surface area contributed by atoms with Gasteiger partial charge in [-0.25, -0.2) is 13.8 Å². The van der Waals surface area contributed by atoms with Crippen LogP contribution in [0.25, 0.3) is 0 Å². The standard InChI is InChI=1S/C17H18N4O5S/c1-12-7-9-15(10-8-12)27(25,26)20-13(2)17(22)19-18-11-14-5-3-4-6-16(14)21(23)24/h3-11,13,20H,1-2H3,(H,19,22)/b18-11+. The fourth-order valence-electron chi connectivity index (χ4n) is 2.10. The van der Waals surface area contributed by atoms with E-state index in [1.165, 1.54) is 37.3 Å². The molecular weight excluding hydrogens is 372 g/mol. The van der Waals surface area contributed by atoms with Crippen molar-refractivity contribution < 1.29 is 18.1 Å². The first-order valence-electron chi connectivity index (χ1n) is 7.86. The lowest BCUT2D eigenvalue weighted by Crippen LogP contribution is -2.43. The fourth-order valence-corrected chi connectivity index (χ4v) is 3.30. The summed E-state index contributed by atoms with van der Waals surface area (Å²) in [6.07, 6.45) is 1.12. The van der Waals surface area contributed by atoms with Crippen molar-refractivity contribution in [3.05, 3.63) is 69.8 Å². The van der Waals surface area contributed by atoms with Gasteiger partial charge in [0, 0.05) is 6.07 Å². The molecule has 1 amide bonds. The highest BCUT2D eigenvalue weighted by Crippen LogP contribution is 2.15. The second kappa shape index (κ2) is 8.52. The van der Waals surface area contributed by atoms with Crippen molar-refractivity contribution in [1.82, 2.24) is 10.1 Å². The lowest BCUT2D eigenvalue weighted by molar-refractivity contribution is -0.385. The Hall–Kier alpha value is -3.11. The smallest absolute Gasteiger partial charge is 0.271 e. The van der Waals surface area contributed by atoms with Gasteiger partial charge >= 0.3 is 0 Å². The molecule has 0 aliphatic rings. The first-order chi connectivity index (χ1) is 12.7. The zero-order chi connectivity index (χ0) is 20.0. The molecule has 9 nitrogen and oxygen atoms in total. The molecule has 142 valence electrons. The lowest BCUT2D eigenvalue weighted by atomic mass is 10.2. The number of aryl methyl sites for hydroxylation is 1. The maximum atomic E-state index is 12.3. The van der Waals surface area contributed by atoms with Crippen molar-refractivity contribution in [3.8, 4) is 0 Å². The Kier molecular flexibility index (Phi) is 6.37. The zero-order valence-electron chi connectivity index (χ0n) is 14.6. The van der Waals surface area contributed by atoms with Gasteiger partial charge in [0.2, 0.25) is 10.0 Å². The number of hydrogen-bond acceptors (Lipinski definition) is 6. The molecular formula is C17H18N4O5S. The molecule has 0 aromatic heterocycles. The van der Waals surface area contributed by atoms with E-state index in [0.29, 0.717) is 0 Å². The van der Waals surface area contributed by atoms with Crippen LogP contribution < -0.4 is 10.1 Å². The Morgan fingerprint density at radius 3 is 2.44 bits per heavy atom. The molecule has 0 fully saturated rings. The van der Waals surface area contributed by atoms with Crippen LogP contribution in [0.3, 0.4) is 0 Å². The Labute approximate surface area is 156 Å². The van der Waals surface area contributed by atoms with Crippen LogP contribution in [-0.2, 0) is 14.8 Å². The normalized spacial score (nSPS) is 12.7. The summed E-state index contributed by atoms with van der Waals surface area (Å²) in [7, 11) is -3.87. The monoisotopic (exact) mass is 390 g/mol. The number of carbonyl (C=O) groups excluding carboxylic acids is 1. The third kappa shape index (κ3) is 5.43. The number of hydrogen-bond donors (Lipinski definition) is 2. The van der Waals surface area contributed by atoms with Crippen molar-refractivity contribution in [3.63, 3.8) is 0 Å².